The minimum absolute atomic E-state index is 0.143. The summed E-state index contributed by atoms with van der Waals surface area (Å²) in [5.74, 6) is -0.412. The topological polar surface area (TPSA) is 82.4 Å². The van der Waals surface area contributed by atoms with E-state index in [4.69, 9.17) is 19.3 Å². The summed E-state index contributed by atoms with van der Waals surface area (Å²) >= 11 is 0. The van der Waals surface area contributed by atoms with Gasteiger partial charge in [0.2, 0.25) is 0 Å². The number of morpholine rings is 1. The van der Waals surface area contributed by atoms with Crippen molar-refractivity contribution < 1.29 is 23.8 Å². The largest absolute Gasteiger partial charge is 0.462 e. The predicted molar refractivity (Wildman–Crippen MR) is 116 cm³/mol. The van der Waals surface area contributed by atoms with Gasteiger partial charge in [0.1, 0.15) is 11.4 Å². The summed E-state index contributed by atoms with van der Waals surface area (Å²) in [6.45, 7) is 6.51. The van der Waals surface area contributed by atoms with E-state index in [-0.39, 0.29) is 24.3 Å². The normalized spacial score (nSPS) is 13.9. The van der Waals surface area contributed by atoms with Crippen LogP contribution in [0.1, 0.15) is 34.6 Å². The van der Waals surface area contributed by atoms with Gasteiger partial charge in [-0.05, 0) is 25.5 Å². The van der Waals surface area contributed by atoms with Crippen LogP contribution < -0.4 is 4.90 Å². The summed E-state index contributed by atoms with van der Waals surface area (Å²) in [6, 6.07) is 11.7. The molecular weight excluding hydrogens is 398 g/mol. The highest BCUT2D eigenvalue weighted by Crippen LogP contribution is 2.33. The maximum atomic E-state index is 12.9. The second-order valence-electron chi connectivity index (χ2n) is 7.03. The molecule has 1 saturated heterocycles. The Morgan fingerprint density at radius 1 is 1.03 bits per heavy atom. The van der Waals surface area contributed by atoms with E-state index in [0.29, 0.717) is 31.8 Å². The van der Waals surface area contributed by atoms with Crippen molar-refractivity contribution >= 4 is 23.3 Å². The average Bonchev–Trinajstić information content (AvgIpc) is 3.20. The molecule has 1 aromatic carbocycles. The first-order valence-corrected chi connectivity index (χ1v) is 10.4. The van der Waals surface area contributed by atoms with Crippen LogP contribution in [0.5, 0.6) is 0 Å². The molecule has 0 spiro atoms. The van der Waals surface area contributed by atoms with Gasteiger partial charge in [-0.1, -0.05) is 30.3 Å². The van der Waals surface area contributed by atoms with Crippen molar-refractivity contribution in [1.82, 2.24) is 9.61 Å². The van der Waals surface area contributed by atoms with Gasteiger partial charge in [0.25, 0.3) is 0 Å². The van der Waals surface area contributed by atoms with Crippen molar-refractivity contribution in [2.75, 3.05) is 44.4 Å². The number of aromatic nitrogens is 2. The summed E-state index contributed by atoms with van der Waals surface area (Å²) < 4.78 is 17.5. The Morgan fingerprint density at radius 3 is 2.39 bits per heavy atom. The second-order valence-corrected chi connectivity index (χ2v) is 7.03. The van der Waals surface area contributed by atoms with Crippen molar-refractivity contribution in [2.24, 2.45) is 0 Å². The maximum Gasteiger partial charge on any atom is 0.341 e. The lowest BCUT2D eigenvalue weighted by Crippen LogP contribution is -2.37. The standard InChI is InChI=1S/C23H25N3O5/c1-3-30-22(27)18-15-26-21(20(18)23(28)31-4-2)17(16-8-6-5-7-9-16)14-19(24-26)25-10-12-29-13-11-25/h5-9,14-15H,3-4,10-13H2,1-2H3. The molecular formula is C23H25N3O5. The number of carbonyl (C=O) groups excluding carboxylic acids is 2. The van der Waals surface area contributed by atoms with Crippen LogP contribution in [-0.2, 0) is 14.2 Å². The zero-order valence-corrected chi connectivity index (χ0v) is 17.7. The highest BCUT2D eigenvalue weighted by molar-refractivity contribution is 6.11. The minimum Gasteiger partial charge on any atom is -0.462 e. The molecule has 0 aliphatic carbocycles. The van der Waals surface area contributed by atoms with Gasteiger partial charge < -0.3 is 19.1 Å². The summed E-state index contributed by atoms with van der Waals surface area (Å²) in [7, 11) is 0. The fourth-order valence-corrected chi connectivity index (χ4v) is 3.73. The molecule has 0 N–H and O–H groups in total. The minimum atomic E-state index is -0.581. The quantitative estimate of drug-likeness (QED) is 0.563. The average molecular weight is 423 g/mol. The first-order chi connectivity index (χ1) is 15.1. The summed E-state index contributed by atoms with van der Waals surface area (Å²) in [5.41, 5.74) is 2.52. The molecule has 0 amide bonds. The lowest BCUT2D eigenvalue weighted by atomic mass is 10.0. The van der Waals surface area contributed by atoms with Gasteiger partial charge in [-0.2, -0.15) is 5.10 Å². The van der Waals surface area contributed by atoms with Gasteiger partial charge in [0.15, 0.2) is 0 Å². The van der Waals surface area contributed by atoms with Crippen molar-refractivity contribution in [1.29, 1.82) is 0 Å². The molecule has 0 radical (unpaired) electrons. The van der Waals surface area contributed by atoms with Crippen LogP contribution >= 0.6 is 0 Å². The zero-order chi connectivity index (χ0) is 21.8. The smallest absolute Gasteiger partial charge is 0.341 e. The molecule has 0 bridgehead atoms. The Bertz CT molecular complexity index is 1090. The van der Waals surface area contributed by atoms with Crippen molar-refractivity contribution in [3.8, 4) is 11.1 Å². The Labute approximate surface area is 180 Å². The number of hydrogen-bond acceptors (Lipinski definition) is 7. The number of hydrogen-bond donors (Lipinski definition) is 0. The van der Waals surface area contributed by atoms with Crippen LogP contribution in [0.4, 0.5) is 5.82 Å². The molecule has 8 heteroatoms. The van der Waals surface area contributed by atoms with E-state index in [1.807, 2.05) is 36.4 Å². The molecule has 0 unspecified atom stereocenters. The predicted octanol–water partition coefficient (Wildman–Crippen LogP) is 3.19. The Morgan fingerprint density at radius 2 is 1.71 bits per heavy atom. The van der Waals surface area contributed by atoms with Gasteiger partial charge in [0, 0.05) is 24.8 Å². The third-order valence-corrected chi connectivity index (χ3v) is 5.12. The van der Waals surface area contributed by atoms with Crippen LogP contribution in [0.15, 0.2) is 42.6 Å². The number of anilines is 1. The highest BCUT2D eigenvalue weighted by atomic mass is 16.5. The molecule has 31 heavy (non-hydrogen) atoms. The Hall–Kier alpha value is -3.39. The van der Waals surface area contributed by atoms with Gasteiger partial charge in [-0.3, -0.25) is 0 Å². The monoisotopic (exact) mass is 423 g/mol. The van der Waals surface area contributed by atoms with Crippen LogP contribution in [0, 0.1) is 0 Å². The summed E-state index contributed by atoms with van der Waals surface area (Å²) in [4.78, 5) is 27.7. The number of fused-ring (bicyclic) bond motifs is 1. The van der Waals surface area contributed by atoms with E-state index in [0.717, 1.165) is 16.9 Å². The number of benzene rings is 1. The summed E-state index contributed by atoms with van der Waals surface area (Å²) in [5, 5.41) is 4.72. The van der Waals surface area contributed by atoms with E-state index in [1.54, 1.807) is 24.6 Å². The first-order valence-electron chi connectivity index (χ1n) is 10.4. The highest BCUT2D eigenvalue weighted by Gasteiger charge is 2.28. The van der Waals surface area contributed by atoms with Crippen molar-refractivity contribution in [3.63, 3.8) is 0 Å². The van der Waals surface area contributed by atoms with Crippen LogP contribution in [-0.4, -0.2) is 61.1 Å². The number of esters is 2. The SMILES string of the molecule is CCOC(=O)c1cn2nc(N3CCOCC3)cc(-c3ccccc3)c2c1C(=O)OCC. The van der Waals surface area contributed by atoms with Gasteiger partial charge in [0.05, 0.1) is 37.5 Å². The second kappa shape index (κ2) is 9.18. The fraction of sp³-hybridized carbons (Fsp3) is 0.348. The molecule has 4 rings (SSSR count). The van der Waals surface area contributed by atoms with Crippen LogP contribution in [0.25, 0.3) is 16.6 Å². The van der Waals surface area contributed by atoms with Crippen molar-refractivity contribution in [3.05, 3.63) is 53.7 Å². The van der Waals surface area contributed by atoms with Crippen LogP contribution in [0.2, 0.25) is 0 Å². The van der Waals surface area contributed by atoms with Crippen molar-refractivity contribution in [2.45, 2.75) is 13.8 Å². The molecule has 2 aromatic heterocycles. The number of carbonyl (C=O) groups is 2. The fourth-order valence-electron chi connectivity index (χ4n) is 3.73. The van der Waals surface area contributed by atoms with Gasteiger partial charge >= 0.3 is 11.9 Å². The molecule has 0 saturated carbocycles. The molecule has 1 aliphatic heterocycles. The van der Waals surface area contributed by atoms with E-state index < -0.39 is 11.9 Å². The Balaban J connectivity index is 1.99. The lowest BCUT2D eigenvalue weighted by molar-refractivity contribution is 0.0482. The van der Waals surface area contributed by atoms with Gasteiger partial charge in [-0.25, -0.2) is 14.1 Å². The molecule has 1 fully saturated rings. The molecule has 1 aliphatic rings. The molecule has 3 heterocycles. The number of nitrogens with zero attached hydrogens (tertiary/aromatic N) is 3. The lowest BCUT2D eigenvalue weighted by Gasteiger charge is -2.28. The molecule has 8 nitrogen and oxygen atoms in total. The van der Waals surface area contributed by atoms with E-state index in [9.17, 15) is 9.59 Å². The molecule has 0 atom stereocenters. The maximum absolute atomic E-state index is 12.9. The van der Waals surface area contributed by atoms with E-state index >= 15 is 0 Å². The molecule has 3 aromatic rings. The zero-order valence-electron chi connectivity index (χ0n) is 17.7. The Kier molecular flexibility index (Phi) is 6.18. The number of rotatable bonds is 6. The molecule has 162 valence electrons. The van der Waals surface area contributed by atoms with Gasteiger partial charge in [-0.15, -0.1) is 0 Å². The van der Waals surface area contributed by atoms with E-state index in [1.165, 1.54) is 0 Å². The van der Waals surface area contributed by atoms with Crippen LogP contribution in [0.3, 0.4) is 0 Å². The third-order valence-electron chi connectivity index (χ3n) is 5.12. The number of ether oxygens (including phenoxy) is 3. The summed E-state index contributed by atoms with van der Waals surface area (Å²) in [6.07, 6.45) is 1.55. The first kappa shape index (κ1) is 20.9. The third kappa shape index (κ3) is 4.11. The van der Waals surface area contributed by atoms with E-state index in [2.05, 4.69) is 4.90 Å².